The van der Waals surface area contributed by atoms with Gasteiger partial charge in [-0.25, -0.2) is 0 Å². The summed E-state index contributed by atoms with van der Waals surface area (Å²) in [6, 6.07) is 19.0. The van der Waals surface area contributed by atoms with E-state index in [1.165, 1.54) is 0 Å². The molecular weight excluding hydrogens is 340 g/mol. The number of aromatic nitrogens is 1. The molecular formula is C19H15ClN2OS. The van der Waals surface area contributed by atoms with Crippen molar-refractivity contribution in [2.24, 2.45) is 0 Å². The van der Waals surface area contributed by atoms with Gasteiger partial charge < -0.3 is 5.32 Å². The molecule has 1 heterocycles. The van der Waals surface area contributed by atoms with Crippen molar-refractivity contribution in [3.8, 4) is 0 Å². The Balaban J connectivity index is 1.58. The summed E-state index contributed by atoms with van der Waals surface area (Å²) in [6.07, 6.45) is 3.29. The van der Waals surface area contributed by atoms with E-state index in [4.69, 9.17) is 11.6 Å². The third-order valence-corrected chi connectivity index (χ3v) is 4.69. The van der Waals surface area contributed by atoms with Gasteiger partial charge in [0.1, 0.15) is 0 Å². The summed E-state index contributed by atoms with van der Waals surface area (Å²) in [5, 5.41) is 3.56. The fourth-order valence-electron chi connectivity index (χ4n) is 2.09. The smallest absolute Gasteiger partial charge is 0.255 e. The van der Waals surface area contributed by atoms with E-state index in [0.29, 0.717) is 11.3 Å². The zero-order chi connectivity index (χ0) is 16.8. The lowest BCUT2D eigenvalue weighted by atomic mass is 10.1. The van der Waals surface area contributed by atoms with Gasteiger partial charge in [0, 0.05) is 27.4 Å². The van der Waals surface area contributed by atoms with Crippen LogP contribution in [0.4, 0.5) is 5.69 Å². The minimum absolute atomic E-state index is 0.139. The van der Waals surface area contributed by atoms with Gasteiger partial charge in [0.25, 0.3) is 5.91 Å². The molecule has 3 nitrogen and oxygen atoms in total. The molecule has 0 atom stereocenters. The molecule has 0 aliphatic heterocycles. The van der Waals surface area contributed by atoms with E-state index in [9.17, 15) is 4.79 Å². The average Bonchev–Trinajstić information content (AvgIpc) is 2.62. The fraction of sp³-hybridized carbons (Fsp3) is 0.0526. The molecule has 0 spiro atoms. The van der Waals surface area contributed by atoms with Gasteiger partial charge in [-0.15, -0.1) is 11.8 Å². The Morgan fingerprint density at radius 2 is 1.79 bits per heavy atom. The van der Waals surface area contributed by atoms with Crippen molar-refractivity contribution < 1.29 is 4.79 Å². The molecule has 0 fully saturated rings. The van der Waals surface area contributed by atoms with Crippen molar-refractivity contribution in [1.29, 1.82) is 0 Å². The molecule has 0 saturated heterocycles. The average molecular weight is 355 g/mol. The van der Waals surface area contributed by atoms with Crippen LogP contribution in [0.15, 0.2) is 78.0 Å². The van der Waals surface area contributed by atoms with Crippen molar-refractivity contribution in [2.75, 3.05) is 5.32 Å². The lowest BCUT2D eigenvalue weighted by Crippen LogP contribution is -2.11. The van der Waals surface area contributed by atoms with Crippen LogP contribution < -0.4 is 5.32 Å². The van der Waals surface area contributed by atoms with Crippen LogP contribution in [-0.2, 0) is 5.75 Å². The number of thioether (sulfide) groups is 1. The molecule has 1 amide bonds. The van der Waals surface area contributed by atoms with Crippen LogP contribution in [0.1, 0.15) is 15.9 Å². The quantitative estimate of drug-likeness (QED) is 0.634. The molecule has 3 aromatic rings. The Labute approximate surface area is 150 Å². The van der Waals surface area contributed by atoms with Crippen LogP contribution >= 0.6 is 23.4 Å². The Hall–Kier alpha value is -2.30. The Kier molecular flexibility index (Phi) is 5.51. The summed E-state index contributed by atoms with van der Waals surface area (Å²) in [7, 11) is 0. The van der Waals surface area contributed by atoms with Gasteiger partial charge in [0.05, 0.1) is 11.9 Å². The summed E-state index contributed by atoms with van der Waals surface area (Å²) in [5.41, 5.74) is 2.47. The van der Waals surface area contributed by atoms with Gasteiger partial charge in [-0.3, -0.25) is 9.78 Å². The first-order valence-electron chi connectivity index (χ1n) is 7.39. The topological polar surface area (TPSA) is 42.0 Å². The molecule has 5 heteroatoms. The number of hydrogen-bond acceptors (Lipinski definition) is 3. The summed E-state index contributed by atoms with van der Waals surface area (Å²) in [5.74, 6) is 0.700. The summed E-state index contributed by atoms with van der Waals surface area (Å²) < 4.78 is 0. The van der Waals surface area contributed by atoms with E-state index in [2.05, 4.69) is 10.3 Å². The van der Waals surface area contributed by atoms with Crippen molar-refractivity contribution in [2.45, 2.75) is 10.6 Å². The highest BCUT2D eigenvalue weighted by molar-refractivity contribution is 7.98. The second kappa shape index (κ2) is 7.99. The van der Waals surface area contributed by atoms with Crippen molar-refractivity contribution in [1.82, 2.24) is 4.98 Å². The van der Waals surface area contributed by atoms with Gasteiger partial charge in [-0.05, 0) is 54.1 Å². The zero-order valence-electron chi connectivity index (χ0n) is 12.8. The molecule has 24 heavy (non-hydrogen) atoms. The lowest BCUT2D eigenvalue weighted by Gasteiger charge is -2.06. The second-order valence-electron chi connectivity index (χ2n) is 5.14. The molecule has 120 valence electrons. The number of rotatable bonds is 5. The number of nitrogens with zero attached hydrogens (tertiary/aromatic N) is 1. The number of nitrogens with one attached hydrogen (secondary N) is 1. The Bertz CT molecular complexity index is 805. The van der Waals surface area contributed by atoms with Crippen LogP contribution in [0, 0.1) is 0 Å². The van der Waals surface area contributed by atoms with Crippen LogP contribution in [0.25, 0.3) is 0 Å². The van der Waals surface area contributed by atoms with Gasteiger partial charge in [0.15, 0.2) is 0 Å². The number of carbonyl (C=O) groups is 1. The predicted octanol–water partition coefficient (Wildman–Crippen LogP) is 5.28. The lowest BCUT2D eigenvalue weighted by molar-refractivity contribution is 0.102. The first kappa shape index (κ1) is 16.6. The monoisotopic (exact) mass is 354 g/mol. The second-order valence-corrected chi connectivity index (χ2v) is 6.62. The number of hydrogen-bond donors (Lipinski definition) is 1. The van der Waals surface area contributed by atoms with E-state index in [-0.39, 0.29) is 5.91 Å². The third kappa shape index (κ3) is 4.60. The van der Waals surface area contributed by atoms with E-state index < -0.39 is 0 Å². The highest BCUT2D eigenvalue weighted by atomic mass is 35.5. The Morgan fingerprint density at radius 3 is 2.46 bits per heavy atom. The molecule has 0 bridgehead atoms. The van der Waals surface area contributed by atoms with Gasteiger partial charge in [-0.2, -0.15) is 0 Å². The highest BCUT2D eigenvalue weighted by Gasteiger charge is 2.06. The predicted molar refractivity (Wildman–Crippen MR) is 99.6 cm³/mol. The van der Waals surface area contributed by atoms with Crippen molar-refractivity contribution in [3.05, 3.63) is 89.2 Å². The van der Waals surface area contributed by atoms with E-state index in [1.54, 1.807) is 30.2 Å². The van der Waals surface area contributed by atoms with E-state index in [0.717, 1.165) is 21.2 Å². The normalized spacial score (nSPS) is 10.4. The molecule has 1 N–H and O–H groups in total. The minimum atomic E-state index is -0.139. The maximum absolute atomic E-state index is 12.2. The number of halogens is 1. The fourth-order valence-corrected chi connectivity index (χ4v) is 3.07. The number of anilines is 1. The summed E-state index contributed by atoms with van der Waals surface area (Å²) in [4.78, 5) is 17.3. The summed E-state index contributed by atoms with van der Waals surface area (Å²) in [6.45, 7) is 0. The maximum Gasteiger partial charge on any atom is 0.255 e. The maximum atomic E-state index is 12.2. The molecule has 0 unspecified atom stereocenters. The molecule has 0 saturated carbocycles. The molecule has 3 rings (SSSR count). The van der Waals surface area contributed by atoms with E-state index in [1.807, 2.05) is 54.6 Å². The Morgan fingerprint density at radius 1 is 1.04 bits per heavy atom. The van der Waals surface area contributed by atoms with Crippen LogP contribution in [0.2, 0.25) is 5.02 Å². The van der Waals surface area contributed by atoms with Crippen molar-refractivity contribution >= 4 is 35.0 Å². The molecule has 0 aliphatic carbocycles. The molecule has 0 radical (unpaired) electrons. The number of benzene rings is 2. The highest BCUT2D eigenvalue weighted by Crippen LogP contribution is 2.24. The third-order valence-electron chi connectivity index (χ3n) is 3.35. The minimum Gasteiger partial charge on any atom is -0.321 e. The first-order valence-corrected chi connectivity index (χ1v) is 8.76. The molecule has 1 aromatic heterocycles. The number of amides is 1. The van der Waals surface area contributed by atoms with Gasteiger partial charge in [0.2, 0.25) is 0 Å². The number of carbonyl (C=O) groups excluding carboxylic acids is 1. The van der Waals surface area contributed by atoms with E-state index >= 15 is 0 Å². The van der Waals surface area contributed by atoms with Gasteiger partial charge >= 0.3 is 0 Å². The SMILES string of the molecule is O=C(Nc1cccnc1)c1ccc(CSc2ccc(Cl)cc2)cc1. The largest absolute Gasteiger partial charge is 0.321 e. The summed E-state index contributed by atoms with van der Waals surface area (Å²) >= 11 is 7.61. The molecule has 2 aromatic carbocycles. The zero-order valence-corrected chi connectivity index (χ0v) is 14.3. The molecule has 0 aliphatic rings. The van der Waals surface area contributed by atoms with Crippen LogP contribution in [0.5, 0.6) is 0 Å². The van der Waals surface area contributed by atoms with Gasteiger partial charge in [-0.1, -0.05) is 23.7 Å². The standard InChI is InChI=1S/C19H15ClN2OS/c20-16-7-9-18(10-8-16)24-13-14-3-5-15(6-4-14)19(23)22-17-2-1-11-21-12-17/h1-12H,13H2,(H,22,23). The van der Waals surface area contributed by atoms with Crippen LogP contribution in [-0.4, -0.2) is 10.9 Å². The van der Waals surface area contributed by atoms with Crippen LogP contribution in [0.3, 0.4) is 0 Å². The number of pyridine rings is 1. The first-order chi connectivity index (χ1) is 11.7. The van der Waals surface area contributed by atoms with Crippen molar-refractivity contribution in [3.63, 3.8) is 0 Å².